The van der Waals surface area contributed by atoms with Crippen LogP contribution in [-0.2, 0) is 19.1 Å². The monoisotopic (exact) mass is 561 g/mol. The number of carbonyl (C=O) groups excluding carboxylic acids is 3. The molecule has 2 atom stereocenters. The molecule has 3 aromatic rings. The first-order chi connectivity index (χ1) is 18.1. The SMILES string of the molecule is COc1cccc(C(=O)O[C@@H](C(=O)O)[C@@H](OC(=O)c2cccc(OC)c2)C(=O)Nc2ccc(Cl)cc2Cl)c1. The molecule has 12 heteroatoms. The van der Waals surface area contributed by atoms with E-state index in [-0.39, 0.29) is 26.9 Å². The quantitative estimate of drug-likeness (QED) is 0.343. The van der Waals surface area contributed by atoms with Crippen molar-refractivity contribution in [1.82, 2.24) is 0 Å². The first kappa shape index (κ1) is 28.3. The van der Waals surface area contributed by atoms with E-state index in [1.54, 1.807) is 12.1 Å². The van der Waals surface area contributed by atoms with Crippen molar-refractivity contribution in [1.29, 1.82) is 0 Å². The molecule has 0 heterocycles. The number of amides is 1. The molecule has 0 aliphatic carbocycles. The Balaban J connectivity index is 1.95. The molecule has 0 aliphatic rings. The molecule has 3 aromatic carbocycles. The molecular weight excluding hydrogens is 541 g/mol. The van der Waals surface area contributed by atoms with Crippen molar-refractivity contribution in [3.05, 3.63) is 87.9 Å². The Hall–Kier alpha value is -4.28. The van der Waals surface area contributed by atoms with E-state index in [2.05, 4.69) is 5.32 Å². The fourth-order valence-electron chi connectivity index (χ4n) is 3.16. The van der Waals surface area contributed by atoms with E-state index in [0.29, 0.717) is 11.5 Å². The molecule has 1 amide bonds. The summed E-state index contributed by atoms with van der Waals surface area (Å²) >= 11 is 12.0. The lowest BCUT2D eigenvalue weighted by atomic mass is 10.1. The summed E-state index contributed by atoms with van der Waals surface area (Å²) in [5.41, 5.74) is -0.0590. The normalized spacial score (nSPS) is 12.0. The van der Waals surface area contributed by atoms with Gasteiger partial charge in [-0.25, -0.2) is 14.4 Å². The molecule has 198 valence electrons. The number of methoxy groups -OCH3 is 2. The molecule has 0 radical (unpaired) electrons. The van der Waals surface area contributed by atoms with E-state index >= 15 is 0 Å². The summed E-state index contributed by atoms with van der Waals surface area (Å²) in [6.45, 7) is 0. The van der Waals surface area contributed by atoms with Crippen molar-refractivity contribution in [3.8, 4) is 11.5 Å². The Kier molecular flexibility index (Phi) is 9.53. The maximum Gasteiger partial charge on any atom is 0.349 e. The van der Waals surface area contributed by atoms with Crippen LogP contribution in [0.2, 0.25) is 10.0 Å². The van der Waals surface area contributed by atoms with Crippen LogP contribution in [0.4, 0.5) is 5.69 Å². The van der Waals surface area contributed by atoms with Gasteiger partial charge in [-0.2, -0.15) is 0 Å². The number of benzene rings is 3. The highest BCUT2D eigenvalue weighted by Crippen LogP contribution is 2.26. The zero-order chi connectivity index (χ0) is 27.8. The van der Waals surface area contributed by atoms with Crippen LogP contribution in [0.5, 0.6) is 11.5 Å². The van der Waals surface area contributed by atoms with Crippen LogP contribution in [0.1, 0.15) is 20.7 Å². The highest BCUT2D eigenvalue weighted by molar-refractivity contribution is 6.36. The first-order valence-corrected chi connectivity index (χ1v) is 11.6. The molecule has 0 saturated heterocycles. The molecule has 2 N–H and O–H groups in total. The van der Waals surface area contributed by atoms with Gasteiger partial charge < -0.3 is 29.4 Å². The molecule has 0 unspecified atom stereocenters. The van der Waals surface area contributed by atoms with Crippen molar-refractivity contribution in [2.24, 2.45) is 0 Å². The standard InChI is InChI=1S/C26H21Cl2NO9/c1-35-17-7-3-5-14(11-17)25(33)37-21(23(30)29-20-10-9-16(27)13-19(20)28)22(24(31)32)38-26(34)15-6-4-8-18(12-15)36-2/h3-13,21-22H,1-2H3,(H,29,30)(H,31,32)/t21-,22-/m1/s1. The summed E-state index contributed by atoms with van der Waals surface area (Å²) in [5.74, 6) is -4.43. The average molecular weight is 562 g/mol. The summed E-state index contributed by atoms with van der Waals surface area (Å²) in [6.07, 6.45) is -4.37. The van der Waals surface area contributed by atoms with Gasteiger partial charge in [0.05, 0.1) is 36.1 Å². The van der Waals surface area contributed by atoms with Crippen molar-refractivity contribution in [3.63, 3.8) is 0 Å². The largest absolute Gasteiger partial charge is 0.497 e. The third kappa shape index (κ3) is 7.15. The van der Waals surface area contributed by atoms with Crippen LogP contribution in [0, 0.1) is 0 Å². The molecule has 3 rings (SSSR count). The van der Waals surface area contributed by atoms with Gasteiger partial charge in [0.15, 0.2) is 0 Å². The lowest BCUT2D eigenvalue weighted by Crippen LogP contribution is -2.48. The van der Waals surface area contributed by atoms with E-state index in [4.69, 9.17) is 42.1 Å². The maximum atomic E-state index is 13.2. The minimum atomic E-state index is -2.24. The molecule has 0 aromatic heterocycles. The molecule has 0 fully saturated rings. The summed E-state index contributed by atoms with van der Waals surface area (Å²) in [7, 11) is 2.76. The number of ether oxygens (including phenoxy) is 4. The van der Waals surface area contributed by atoms with Crippen molar-refractivity contribution < 1.29 is 43.2 Å². The smallest absolute Gasteiger partial charge is 0.349 e. The molecular formula is C26H21Cl2NO9. The van der Waals surface area contributed by atoms with Gasteiger partial charge in [0, 0.05) is 5.02 Å². The van der Waals surface area contributed by atoms with Gasteiger partial charge in [-0.1, -0.05) is 35.3 Å². The Morgan fingerprint density at radius 3 is 1.76 bits per heavy atom. The van der Waals surface area contributed by atoms with Gasteiger partial charge >= 0.3 is 17.9 Å². The number of rotatable bonds is 10. The minimum absolute atomic E-state index is 0.0315. The average Bonchev–Trinajstić information content (AvgIpc) is 2.91. The number of aliphatic carboxylic acids is 1. The zero-order valence-electron chi connectivity index (χ0n) is 20.0. The number of anilines is 1. The summed E-state index contributed by atoms with van der Waals surface area (Å²) in [5, 5.41) is 12.6. The highest BCUT2D eigenvalue weighted by Gasteiger charge is 2.41. The van der Waals surface area contributed by atoms with Crippen LogP contribution >= 0.6 is 23.2 Å². The lowest BCUT2D eigenvalue weighted by Gasteiger charge is -2.24. The van der Waals surface area contributed by atoms with Gasteiger partial charge in [-0.15, -0.1) is 0 Å². The third-order valence-electron chi connectivity index (χ3n) is 5.04. The summed E-state index contributed by atoms with van der Waals surface area (Å²) < 4.78 is 20.6. The third-order valence-corrected chi connectivity index (χ3v) is 5.59. The summed E-state index contributed by atoms with van der Waals surface area (Å²) in [6, 6.07) is 15.6. The fourth-order valence-corrected chi connectivity index (χ4v) is 3.61. The number of hydrogen-bond acceptors (Lipinski definition) is 8. The topological polar surface area (TPSA) is 137 Å². The molecule has 0 spiro atoms. The Labute approximate surface area is 227 Å². The van der Waals surface area contributed by atoms with E-state index < -0.39 is 36.0 Å². The number of carbonyl (C=O) groups is 4. The van der Waals surface area contributed by atoms with Gasteiger partial charge in [-0.05, 0) is 54.6 Å². The van der Waals surface area contributed by atoms with Crippen molar-refractivity contribution >= 4 is 52.7 Å². The van der Waals surface area contributed by atoms with Gasteiger partial charge in [-0.3, -0.25) is 4.79 Å². The zero-order valence-corrected chi connectivity index (χ0v) is 21.5. The molecule has 38 heavy (non-hydrogen) atoms. The summed E-state index contributed by atoms with van der Waals surface area (Å²) in [4.78, 5) is 51.1. The van der Waals surface area contributed by atoms with Crippen molar-refractivity contribution in [2.75, 3.05) is 19.5 Å². The van der Waals surface area contributed by atoms with Crippen LogP contribution in [-0.4, -0.2) is 55.3 Å². The van der Waals surface area contributed by atoms with Crippen LogP contribution in [0.25, 0.3) is 0 Å². The fraction of sp³-hybridized carbons (Fsp3) is 0.154. The van der Waals surface area contributed by atoms with Gasteiger partial charge in [0.2, 0.25) is 12.2 Å². The molecule has 0 bridgehead atoms. The van der Waals surface area contributed by atoms with E-state index in [1.165, 1.54) is 68.8 Å². The molecule has 0 aliphatic heterocycles. The first-order valence-electron chi connectivity index (χ1n) is 10.8. The van der Waals surface area contributed by atoms with Gasteiger partial charge in [0.25, 0.3) is 5.91 Å². The minimum Gasteiger partial charge on any atom is -0.497 e. The Morgan fingerprint density at radius 2 is 1.29 bits per heavy atom. The van der Waals surface area contributed by atoms with E-state index in [0.717, 1.165) is 0 Å². The van der Waals surface area contributed by atoms with E-state index in [9.17, 15) is 24.3 Å². The van der Waals surface area contributed by atoms with Gasteiger partial charge in [0.1, 0.15) is 11.5 Å². The second-order valence-electron chi connectivity index (χ2n) is 7.57. The predicted octanol–water partition coefficient (Wildman–Crippen LogP) is 4.48. The molecule has 10 nitrogen and oxygen atoms in total. The Morgan fingerprint density at radius 1 is 0.763 bits per heavy atom. The number of carboxylic acids is 1. The number of hydrogen-bond donors (Lipinski definition) is 2. The highest BCUT2D eigenvalue weighted by atomic mass is 35.5. The van der Waals surface area contributed by atoms with Crippen LogP contribution in [0.15, 0.2) is 66.7 Å². The van der Waals surface area contributed by atoms with E-state index in [1.807, 2.05) is 0 Å². The number of halogens is 2. The number of carboxylic acid groups (broad SMARTS) is 1. The second-order valence-corrected chi connectivity index (χ2v) is 8.41. The maximum absolute atomic E-state index is 13.2. The van der Waals surface area contributed by atoms with Crippen molar-refractivity contribution in [2.45, 2.75) is 12.2 Å². The van der Waals surface area contributed by atoms with Crippen LogP contribution < -0.4 is 14.8 Å². The second kappa shape index (κ2) is 12.8. The number of nitrogens with one attached hydrogen (secondary N) is 1. The predicted molar refractivity (Wildman–Crippen MR) is 137 cm³/mol. The van der Waals surface area contributed by atoms with Crippen LogP contribution in [0.3, 0.4) is 0 Å². The lowest BCUT2D eigenvalue weighted by molar-refractivity contribution is -0.157. The Bertz CT molecular complexity index is 1360. The molecule has 0 saturated carbocycles. The number of esters is 2.